The summed E-state index contributed by atoms with van der Waals surface area (Å²) in [5.74, 6) is 3.00. The fourth-order valence-electron chi connectivity index (χ4n) is 7.29. The molecular formula is C19H32O2. The molecule has 0 saturated heterocycles. The summed E-state index contributed by atoms with van der Waals surface area (Å²) in [6.07, 6.45) is 10.5. The van der Waals surface area contributed by atoms with Crippen molar-refractivity contribution in [3.05, 3.63) is 0 Å². The van der Waals surface area contributed by atoms with Gasteiger partial charge in [-0.25, -0.2) is 0 Å². The number of hydrogen-bond donors (Lipinski definition) is 2. The van der Waals surface area contributed by atoms with E-state index < -0.39 is 0 Å². The van der Waals surface area contributed by atoms with Gasteiger partial charge in [0, 0.05) is 0 Å². The lowest BCUT2D eigenvalue weighted by atomic mass is 9.44. The molecule has 120 valence electrons. The van der Waals surface area contributed by atoms with E-state index in [1.807, 2.05) is 0 Å². The fourth-order valence-corrected chi connectivity index (χ4v) is 7.29. The molecule has 2 heteroatoms. The Bertz CT molecular complexity index is 422. The molecule has 4 aliphatic carbocycles. The summed E-state index contributed by atoms with van der Waals surface area (Å²) in [7, 11) is 0. The Morgan fingerprint density at radius 1 is 0.857 bits per heavy atom. The lowest BCUT2D eigenvalue weighted by Gasteiger charge is -2.61. The Kier molecular flexibility index (Phi) is 3.25. The lowest BCUT2D eigenvalue weighted by Crippen LogP contribution is -2.58. The third kappa shape index (κ3) is 1.91. The van der Waals surface area contributed by atoms with Gasteiger partial charge in [0.05, 0.1) is 12.2 Å². The van der Waals surface area contributed by atoms with Crippen molar-refractivity contribution in [1.29, 1.82) is 0 Å². The van der Waals surface area contributed by atoms with E-state index in [1.54, 1.807) is 0 Å². The third-order valence-electron chi connectivity index (χ3n) is 8.52. The molecule has 4 fully saturated rings. The van der Waals surface area contributed by atoms with E-state index in [4.69, 9.17) is 0 Å². The molecule has 4 rings (SSSR count). The van der Waals surface area contributed by atoms with Gasteiger partial charge in [-0.05, 0) is 85.9 Å². The van der Waals surface area contributed by atoms with E-state index in [-0.39, 0.29) is 17.6 Å². The van der Waals surface area contributed by atoms with Crippen LogP contribution in [0.3, 0.4) is 0 Å². The predicted molar refractivity (Wildman–Crippen MR) is 83.7 cm³/mol. The second kappa shape index (κ2) is 4.71. The van der Waals surface area contributed by atoms with Crippen LogP contribution in [-0.2, 0) is 0 Å². The Labute approximate surface area is 129 Å². The van der Waals surface area contributed by atoms with Crippen molar-refractivity contribution < 1.29 is 10.2 Å². The Morgan fingerprint density at radius 3 is 2.48 bits per heavy atom. The van der Waals surface area contributed by atoms with Crippen molar-refractivity contribution in [2.75, 3.05) is 0 Å². The quantitative estimate of drug-likeness (QED) is 0.714. The van der Waals surface area contributed by atoms with Crippen molar-refractivity contribution in [1.82, 2.24) is 0 Å². The van der Waals surface area contributed by atoms with Crippen LogP contribution in [0.15, 0.2) is 0 Å². The van der Waals surface area contributed by atoms with Gasteiger partial charge in [0.1, 0.15) is 0 Å². The van der Waals surface area contributed by atoms with Gasteiger partial charge in [-0.15, -0.1) is 0 Å². The molecule has 2 N–H and O–H groups in total. The minimum atomic E-state index is -0.287. The number of rotatable bonds is 0. The zero-order chi connectivity index (χ0) is 14.8. The Balaban J connectivity index is 1.66. The minimum absolute atomic E-state index is 0.0755. The molecule has 0 aromatic heterocycles. The van der Waals surface area contributed by atoms with Crippen LogP contribution in [-0.4, -0.2) is 22.4 Å². The first-order valence-corrected chi connectivity index (χ1v) is 9.31. The molecule has 8 atom stereocenters. The normalized spacial score (nSPS) is 60.0. The molecule has 0 amide bonds. The SMILES string of the molecule is CC12CCCC1C1CCC3CC(O)CC(O)C3(C)C1CC2. The first-order valence-electron chi connectivity index (χ1n) is 9.31. The number of aliphatic hydroxyl groups excluding tert-OH is 2. The van der Waals surface area contributed by atoms with Crippen molar-refractivity contribution in [2.45, 2.75) is 83.8 Å². The molecule has 8 unspecified atom stereocenters. The topological polar surface area (TPSA) is 40.5 Å². The monoisotopic (exact) mass is 292 g/mol. The van der Waals surface area contributed by atoms with Crippen LogP contribution in [0.2, 0.25) is 0 Å². The lowest BCUT2D eigenvalue weighted by molar-refractivity contribution is -0.178. The first kappa shape index (κ1) is 14.5. The van der Waals surface area contributed by atoms with Crippen molar-refractivity contribution in [2.24, 2.45) is 34.5 Å². The highest BCUT2D eigenvalue weighted by Gasteiger charge is 2.60. The average molecular weight is 292 g/mol. The predicted octanol–water partition coefficient (Wildman–Crippen LogP) is 3.75. The maximum absolute atomic E-state index is 10.8. The molecule has 0 aromatic rings. The van der Waals surface area contributed by atoms with Gasteiger partial charge in [-0.2, -0.15) is 0 Å². The number of hydrogen-bond acceptors (Lipinski definition) is 2. The Morgan fingerprint density at radius 2 is 1.67 bits per heavy atom. The van der Waals surface area contributed by atoms with Crippen LogP contribution in [0, 0.1) is 34.5 Å². The van der Waals surface area contributed by atoms with Crippen LogP contribution in [0.25, 0.3) is 0 Å². The van der Waals surface area contributed by atoms with Crippen LogP contribution in [0.5, 0.6) is 0 Å². The molecule has 21 heavy (non-hydrogen) atoms. The summed E-state index contributed by atoms with van der Waals surface area (Å²) >= 11 is 0. The summed E-state index contributed by atoms with van der Waals surface area (Å²) in [6, 6.07) is 0. The van der Waals surface area contributed by atoms with Gasteiger partial charge < -0.3 is 10.2 Å². The highest BCUT2D eigenvalue weighted by atomic mass is 16.3. The second-order valence-electron chi connectivity index (χ2n) is 9.24. The van der Waals surface area contributed by atoms with Crippen LogP contribution in [0.4, 0.5) is 0 Å². The average Bonchev–Trinajstić information content (AvgIpc) is 2.82. The third-order valence-corrected chi connectivity index (χ3v) is 8.52. The second-order valence-corrected chi connectivity index (χ2v) is 9.24. The molecular weight excluding hydrogens is 260 g/mol. The maximum Gasteiger partial charge on any atom is 0.0623 e. The molecule has 0 aliphatic heterocycles. The summed E-state index contributed by atoms with van der Waals surface area (Å²) in [6.45, 7) is 4.90. The molecule has 4 saturated carbocycles. The highest BCUT2D eigenvalue weighted by Crippen LogP contribution is 2.66. The maximum atomic E-state index is 10.8. The summed E-state index contributed by atoms with van der Waals surface area (Å²) in [4.78, 5) is 0. The van der Waals surface area contributed by atoms with Gasteiger partial charge in [0.15, 0.2) is 0 Å². The van der Waals surface area contributed by atoms with Gasteiger partial charge in [0.25, 0.3) is 0 Å². The van der Waals surface area contributed by atoms with Gasteiger partial charge >= 0.3 is 0 Å². The Hall–Kier alpha value is -0.0800. The number of fused-ring (bicyclic) bond motifs is 5. The molecule has 4 aliphatic rings. The van der Waals surface area contributed by atoms with Crippen molar-refractivity contribution >= 4 is 0 Å². The van der Waals surface area contributed by atoms with Crippen LogP contribution >= 0.6 is 0 Å². The van der Waals surface area contributed by atoms with Gasteiger partial charge in [-0.3, -0.25) is 0 Å². The van der Waals surface area contributed by atoms with E-state index >= 15 is 0 Å². The number of aliphatic hydroxyl groups is 2. The largest absolute Gasteiger partial charge is 0.393 e. The zero-order valence-corrected chi connectivity index (χ0v) is 13.7. The van der Waals surface area contributed by atoms with E-state index in [9.17, 15) is 10.2 Å². The van der Waals surface area contributed by atoms with E-state index in [0.717, 1.165) is 18.3 Å². The minimum Gasteiger partial charge on any atom is -0.393 e. The van der Waals surface area contributed by atoms with Crippen molar-refractivity contribution in [3.63, 3.8) is 0 Å². The van der Waals surface area contributed by atoms with Gasteiger partial charge in [0.2, 0.25) is 0 Å². The summed E-state index contributed by atoms with van der Waals surface area (Å²) in [5.41, 5.74) is 0.676. The summed E-state index contributed by atoms with van der Waals surface area (Å²) < 4.78 is 0. The van der Waals surface area contributed by atoms with E-state index in [2.05, 4.69) is 13.8 Å². The molecule has 0 aromatic carbocycles. The molecule has 2 nitrogen and oxygen atoms in total. The molecule has 0 spiro atoms. The zero-order valence-electron chi connectivity index (χ0n) is 13.7. The molecule has 0 radical (unpaired) electrons. The van der Waals surface area contributed by atoms with E-state index in [1.165, 1.54) is 44.9 Å². The van der Waals surface area contributed by atoms with Crippen LogP contribution in [0.1, 0.15) is 71.6 Å². The van der Waals surface area contributed by atoms with Crippen LogP contribution < -0.4 is 0 Å². The van der Waals surface area contributed by atoms with Gasteiger partial charge in [-0.1, -0.05) is 20.3 Å². The van der Waals surface area contributed by atoms with E-state index in [0.29, 0.717) is 23.7 Å². The smallest absolute Gasteiger partial charge is 0.0623 e. The van der Waals surface area contributed by atoms with Crippen molar-refractivity contribution in [3.8, 4) is 0 Å². The molecule has 0 bridgehead atoms. The molecule has 0 heterocycles. The first-order chi connectivity index (χ1) is 9.95. The highest BCUT2D eigenvalue weighted by molar-refractivity contribution is 5.09. The fraction of sp³-hybridized carbons (Fsp3) is 1.00. The summed E-state index contributed by atoms with van der Waals surface area (Å²) in [5, 5.41) is 20.9. The standard InChI is InChI=1S/C19H32O2/c1-18-8-3-4-15(18)14-6-5-12-10-13(20)11-17(21)19(12,2)16(14)7-9-18/h12-17,20-21H,3-11H2,1-2H3.